The van der Waals surface area contributed by atoms with Crippen LogP contribution in [0.4, 0.5) is 15.3 Å². The van der Waals surface area contributed by atoms with Gasteiger partial charge in [-0.15, -0.1) is 0 Å². The first-order valence-electron chi connectivity index (χ1n) is 12.9. The number of imide groups is 1. The van der Waals surface area contributed by atoms with Gasteiger partial charge in [0.2, 0.25) is 0 Å². The first kappa shape index (κ1) is 33.3. The molecule has 40 heavy (non-hydrogen) atoms. The summed E-state index contributed by atoms with van der Waals surface area (Å²) in [7, 11) is -2.40. The average Bonchev–Trinajstić information content (AvgIpc) is 2.73. The third-order valence-corrected chi connectivity index (χ3v) is 10.7. The van der Waals surface area contributed by atoms with Crippen LogP contribution in [0.3, 0.4) is 0 Å². The van der Waals surface area contributed by atoms with Crippen LogP contribution in [0.15, 0.2) is 24.3 Å². The number of aromatic nitrogens is 1. The number of fused-ring (bicyclic) bond motifs is 1. The first-order chi connectivity index (χ1) is 18.0. The number of carboxylic acid groups (broad SMARTS) is 1. The lowest BCUT2D eigenvalue weighted by Crippen LogP contribution is -2.47. The summed E-state index contributed by atoms with van der Waals surface area (Å²) in [5.74, 6) is -0.864. The summed E-state index contributed by atoms with van der Waals surface area (Å²) in [5, 5.41) is 9.95. The zero-order chi connectivity index (χ0) is 30.8. The number of pyridine rings is 1. The second-order valence-corrected chi connectivity index (χ2v) is 18.1. The number of nitrogens with zero attached hydrogens (tertiary/aromatic N) is 2. The van der Waals surface area contributed by atoms with Gasteiger partial charge in [0.15, 0.2) is 14.4 Å². The number of benzene rings is 1. The molecule has 2 rings (SSSR count). The van der Waals surface area contributed by atoms with Crippen LogP contribution in [-0.4, -0.2) is 60.5 Å². The van der Waals surface area contributed by atoms with Gasteiger partial charge in [-0.1, -0.05) is 32.4 Å². The lowest BCUT2D eigenvalue weighted by Gasteiger charge is -2.38. The smallest absolute Gasteiger partial charge is 0.424 e. The molecule has 0 aliphatic carbocycles. The number of halogens is 1. The average molecular weight is 597 g/mol. The highest BCUT2D eigenvalue weighted by Gasteiger charge is 2.41. The Labute approximate surface area is 242 Å². The second-order valence-electron chi connectivity index (χ2n) is 13.0. The monoisotopic (exact) mass is 596 g/mol. The maximum atomic E-state index is 13.3. The fourth-order valence-corrected chi connectivity index (χ4v) is 4.61. The number of anilines is 1. The normalized spacial score (nSPS) is 13.5. The summed E-state index contributed by atoms with van der Waals surface area (Å²) in [6.45, 7) is 19.8. The Morgan fingerprint density at radius 1 is 0.950 bits per heavy atom. The largest absolute Gasteiger partial charge is 0.490 e. The van der Waals surface area contributed by atoms with E-state index in [1.54, 1.807) is 59.7 Å². The Morgan fingerprint density at radius 2 is 1.48 bits per heavy atom. The van der Waals surface area contributed by atoms with E-state index in [1.807, 2.05) is 33.9 Å². The zero-order valence-corrected chi connectivity index (χ0v) is 26.9. The molecule has 0 saturated carbocycles. The number of carbonyl (C=O) groups is 3. The highest BCUT2D eigenvalue weighted by Crippen LogP contribution is 2.38. The molecule has 0 saturated heterocycles. The van der Waals surface area contributed by atoms with Crippen molar-refractivity contribution in [1.82, 2.24) is 4.98 Å². The Bertz CT molecular complexity index is 1230. The van der Waals surface area contributed by atoms with Crippen molar-refractivity contribution in [3.05, 3.63) is 29.4 Å². The van der Waals surface area contributed by atoms with Crippen LogP contribution in [0, 0.1) is 0 Å². The van der Waals surface area contributed by atoms with Gasteiger partial charge in [-0.05, 0) is 77.9 Å². The number of carbonyl (C=O) groups excluding carboxylic acids is 2. The van der Waals surface area contributed by atoms with Crippen LogP contribution in [0.25, 0.3) is 10.9 Å². The van der Waals surface area contributed by atoms with Crippen LogP contribution >= 0.6 is 11.6 Å². The standard InChI is InChI=1S/C28H41ClN2O8Si/c1-26(2,3)37-24(34)31(25(35)38-27(4,5)6)20-15-22(29)30-19-13-12-17(14-18(19)20)36-16-21(23(32)33)39-40(10,11)28(7,8)9/h12-15,21H,16H2,1-11H3,(H,32,33). The van der Waals surface area contributed by atoms with E-state index >= 15 is 0 Å². The third kappa shape index (κ3) is 9.07. The maximum absolute atomic E-state index is 13.3. The molecule has 12 heteroatoms. The van der Waals surface area contributed by atoms with Crippen molar-refractivity contribution >= 4 is 54.7 Å². The molecule has 0 radical (unpaired) electrons. The molecule has 1 N–H and O–H groups in total. The quantitative estimate of drug-likeness (QED) is 0.257. The molecule has 0 aliphatic heterocycles. The van der Waals surface area contributed by atoms with E-state index in [9.17, 15) is 19.5 Å². The van der Waals surface area contributed by atoms with E-state index in [-0.39, 0.29) is 28.2 Å². The van der Waals surface area contributed by atoms with Gasteiger partial charge >= 0.3 is 18.2 Å². The van der Waals surface area contributed by atoms with Crippen molar-refractivity contribution in [3.8, 4) is 5.75 Å². The highest BCUT2D eigenvalue weighted by atomic mass is 35.5. The summed E-state index contributed by atoms with van der Waals surface area (Å²) in [4.78, 5) is 43.6. The molecule has 222 valence electrons. The number of hydrogen-bond donors (Lipinski definition) is 1. The summed E-state index contributed by atoms with van der Waals surface area (Å²) >= 11 is 6.27. The van der Waals surface area contributed by atoms with Gasteiger partial charge in [-0.25, -0.2) is 19.4 Å². The van der Waals surface area contributed by atoms with Crippen LogP contribution in [-0.2, 0) is 18.7 Å². The van der Waals surface area contributed by atoms with Gasteiger partial charge in [0.1, 0.15) is 28.7 Å². The van der Waals surface area contributed by atoms with Crippen molar-refractivity contribution in [2.24, 2.45) is 0 Å². The lowest BCUT2D eigenvalue weighted by atomic mass is 10.1. The van der Waals surface area contributed by atoms with Gasteiger partial charge in [0.05, 0.1) is 11.2 Å². The molecule has 10 nitrogen and oxygen atoms in total. The van der Waals surface area contributed by atoms with E-state index in [1.165, 1.54) is 6.07 Å². The molecule has 0 spiro atoms. The topological polar surface area (TPSA) is 124 Å². The molecular formula is C28H41ClN2O8Si. The number of rotatable bonds is 7. The van der Waals surface area contributed by atoms with Gasteiger partial charge in [-0.2, -0.15) is 4.90 Å². The summed E-state index contributed by atoms with van der Waals surface area (Å²) in [6.07, 6.45) is -3.13. The number of ether oxygens (including phenoxy) is 3. The maximum Gasteiger partial charge on any atom is 0.424 e. The Balaban J connectivity index is 2.54. The molecule has 1 aromatic carbocycles. The van der Waals surface area contributed by atoms with E-state index in [0.717, 1.165) is 4.90 Å². The molecule has 0 bridgehead atoms. The zero-order valence-electron chi connectivity index (χ0n) is 25.2. The minimum Gasteiger partial charge on any atom is -0.490 e. The number of aliphatic carboxylic acids is 1. The minimum absolute atomic E-state index is 0.0296. The van der Waals surface area contributed by atoms with Crippen LogP contribution in [0.2, 0.25) is 23.3 Å². The van der Waals surface area contributed by atoms with E-state index < -0.39 is 43.8 Å². The SMILES string of the molecule is CC(C)(C)OC(=O)N(C(=O)OC(C)(C)C)c1cc(Cl)nc2ccc(OCC(O[Si](C)(C)C(C)(C)C)C(=O)O)cc12. The lowest BCUT2D eigenvalue weighted by molar-refractivity contribution is -0.147. The molecule has 0 aliphatic rings. The predicted octanol–water partition coefficient (Wildman–Crippen LogP) is 7.42. The first-order valence-corrected chi connectivity index (χ1v) is 16.2. The fourth-order valence-electron chi connectivity index (χ4n) is 3.18. The Morgan fingerprint density at radius 3 is 1.93 bits per heavy atom. The fraction of sp³-hybridized carbons (Fsp3) is 0.571. The van der Waals surface area contributed by atoms with Crippen molar-refractivity contribution in [1.29, 1.82) is 0 Å². The minimum atomic E-state index is -2.40. The van der Waals surface area contributed by atoms with Crippen LogP contribution < -0.4 is 9.64 Å². The summed E-state index contributed by atoms with van der Waals surface area (Å²) in [6, 6.07) is 6.07. The van der Waals surface area contributed by atoms with Gasteiger partial charge in [-0.3, -0.25) is 0 Å². The van der Waals surface area contributed by atoms with E-state index in [0.29, 0.717) is 10.9 Å². The molecule has 1 unspecified atom stereocenters. The molecule has 2 amide bonds. The van der Waals surface area contributed by atoms with Gasteiger partial charge in [0, 0.05) is 11.5 Å². The van der Waals surface area contributed by atoms with Crippen molar-refractivity contribution in [3.63, 3.8) is 0 Å². The molecule has 0 fully saturated rings. The number of carboxylic acids is 1. The van der Waals surface area contributed by atoms with Crippen molar-refractivity contribution < 1.29 is 38.1 Å². The summed E-state index contributed by atoms with van der Waals surface area (Å²) < 4.78 is 22.9. The highest BCUT2D eigenvalue weighted by molar-refractivity contribution is 6.74. The Kier molecular flexibility index (Phi) is 9.93. The third-order valence-electron chi connectivity index (χ3n) is 6.04. The Hall–Kier alpha value is -2.89. The molecule has 1 aromatic heterocycles. The van der Waals surface area contributed by atoms with Crippen LogP contribution in [0.5, 0.6) is 5.75 Å². The molecular weight excluding hydrogens is 556 g/mol. The summed E-state index contributed by atoms with van der Waals surface area (Å²) in [5.41, 5.74) is -1.39. The van der Waals surface area contributed by atoms with Gasteiger partial charge in [0.25, 0.3) is 0 Å². The van der Waals surface area contributed by atoms with E-state index in [4.69, 9.17) is 30.2 Å². The van der Waals surface area contributed by atoms with Gasteiger partial charge < -0.3 is 23.7 Å². The molecule has 2 aromatic rings. The predicted molar refractivity (Wildman–Crippen MR) is 157 cm³/mol. The molecule has 1 heterocycles. The van der Waals surface area contributed by atoms with E-state index in [2.05, 4.69) is 4.98 Å². The second kappa shape index (κ2) is 11.9. The molecule has 1 atom stereocenters. The number of hydrogen-bond acceptors (Lipinski definition) is 8. The van der Waals surface area contributed by atoms with Crippen LogP contribution in [0.1, 0.15) is 62.3 Å². The number of amides is 2. The van der Waals surface area contributed by atoms with Crippen molar-refractivity contribution in [2.45, 2.75) is 97.8 Å². The van der Waals surface area contributed by atoms with Crippen molar-refractivity contribution in [2.75, 3.05) is 11.5 Å².